The van der Waals surface area contributed by atoms with Crippen LogP contribution in [0.3, 0.4) is 0 Å². The van der Waals surface area contributed by atoms with Gasteiger partial charge in [0.05, 0.1) is 5.97 Å². The van der Waals surface area contributed by atoms with Crippen molar-refractivity contribution in [1.82, 2.24) is 16.0 Å². The summed E-state index contributed by atoms with van der Waals surface area (Å²) in [5.41, 5.74) is 0. The zero-order valence-electron chi connectivity index (χ0n) is 12.3. The van der Waals surface area contributed by atoms with E-state index in [0.717, 1.165) is 26.2 Å². The highest BCUT2D eigenvalue weighted by Crippen LogP contribution is 2.03. The van der Waals surface area contributed by atoms with Crippen molar-refractivity contribution in [3.8, 4) is 0 Å². The van der Waals surface area contributed by atoms with Crippen LogP contribution < -0.4 is 21.1 Å². The van der Waals surface area contributed by atoms with Crippen molar-refractivity contribution < 1.29 is 9.90 Å². The minimum absolute atomic E-state index is 0.0715. The summed E-state index contributed by atoms with van der Waals surface area (Å²) >= 11 is 0. The highest BCUT2D eigenvalue weighted by atomic mass is 16.4. The zero-order valence-corrected chi connectivity index (χ0v) is 12.3. The number of carbonyl (C=O) groups excluding carboxylic acids is 1. The highest BCUT2D eigenvalue weighted by molar-refractivity contribution is 5.66. The van der Waals surface area contributed by atoms with Gasteiger partial charge in [0.15, 0.2) is 0 Å². The number of carbonyl (C=O) groups is 1. The molecule has 0 saturated heterocycles. The van der Waals surface area contributed by atoms with Gasteiger partial charge in [-0.25, -0.2) is 0 Å². The molecule has 0 saturated carbocycles. The maximum absolute atomic E-state index is 10.1. The van der Waals surface area contributed by atoms with Crippen molar-refractivity contribution >= 4 is 5.97 Å². The van der Waals surface area contributed by atoms with Crippen molar-refractivity contribution in [2.24, 2.45) is 0 Å². The lowest BCUT2D eigenvalue weighted by Gasteiger charge is -2.08. The summed E-state index contributed by atoms with van der Waals surface area (Å²) < 4.78 is 0. The first kappa shape index (κ1) is 18.4. The second kappa shape index (κ2) is 15.4. The minimum Gasteiger partial charge on any atom is -0.549 e. The van der Waals surface area contributed by atoms with Gasteiger partial charge in [0.25, 0.3) is 0 Å². The Balaban J connectivity index is 2.93. The average molecular weight is 272 g/mol. The first-order valence-corrected chi connectivity index (χ1v) is 7.59. The largest absolute Gasteiger partial charge is 0.549 e. The molecule has 0 unspecified atom stereocenters. The molecule has 0 atom stereocenters. The number of hydrogen-bond acceptors (Lipinski definition) is 5. The van der Waals surface area contributed by atoms with Gasteiger partial charge in [0.1, 0.15) is 0 Å². The molecule has 0 rings (SSSR count). The summed E-state index contributed by atoms with van der Waals surface area (Å²) in [4.78, 5) is 10.1. The van der Waals surface area contributed by atoms with E-state index in [0.29, 0.717) is 6.54 Å². The van der Waals surface area contributed by atoms with Crippen LogP contribution in [0.25, 0.3) is 0 Å². The molecule has 0 radical (unpaired) electrons. The summed E-state index contributed by atoms with van der Waals surface area (Å²) in [6, 6.07) is 0. The van der Waals surface area contributed by atoms with Crippen LogP contribution in [0, 0.1) is 0 Å². The molecular weight excluding hydrogens is 242 g/mol. The molecule has 114 valence electrons. The minimum atomic E-state index is -1.05. The standard InChI is InChI=1S/C14H31N3O2/c1-2-3-4-5-6-7-8-15-9-10-16-11-12-17-13-14(18)19/h15-17H,2-13H2,1H3,(H,18,19)/p-1. The van der Waals surface area contributed by atoms with Crippen LogP contribution in [0.4, 0.5) is 0 Å². The molecule has 3 N–H and O–H groups in total. The van der Waals surface area contributed by atoms with Gasteiger partial charge in [-0.15, -0.1) is 0 Å². The summed E-state index contributed by atoms with van der Waals surface area (Å²) in [5, 5.41) is 19.5. The van der Waals surface area contributed by atoms with Gasteiger partial charge in [-0.05, 0) is 13.0 Å². The number of rotatable bonds is 15. The number of aliphatic carboxylic acids is 1. The third kappa shape index (κ3) is 17.4. The van der Waals surface area contributed by atoms with Gasteiger partial charge in [-0.1, -0.05) is 39.0 Å². The third-order valence-corrected chi connectivity index (χ3v) is 2.93. The Morgan fingerprint density at radius 1 is 0.789 bits per heavy atom. The van der Waals surface area contributed by atoms with Crippen LogP contribution in [-0.4, -0.2) is 45.2 Å². The van der Waals surface area contributed by atoms with E-state index in [-0.39, 0.29) is 6.54 Å². The Hall–Kier alpha value is -0.650. The predicted octanol–water partition coefficient (Wildman–Crippen LogP) is -0.134. The smallest absolute Gasteiger partial charge is 0.0552 e. The maximum atomic E-state index is 10.1. The summed E-state index contributed by atoms with van der Waals surface area (Å²) in [7, 11) is 0. The first-order valence-electron chi connectivity index (χ1n) is 7.59. The fraction of sp³-hybridized carbons (Fsp3) is 0.929. The van der Waals surface area contributed by atoms with Crippen molar-refractivity contribution in [2.45, 2.75) is 45.4 Å². The fourth-order valence-electron chi connectivity index (χ4n) is 1.82. The quantitative estimate of drug-likeness (QED) is 0.362. The maximum Gasteiger partial charge on any atom is 0.0552 e. The summed E-state index contributed by atoms with van der Waals surface area (Å²) in [5.74, 6) is -1.05. The SMILES string of the molecule is CCCCCCCCNCCNCCNCC(=O)[O-]. The average Bonchev–Trinajstić information content (AvgIpc) is 2.39. The van der Waals surface area contributed by atoms with E-state index in [2.05, 4.69) is 22.9 Å². The van der Waals surface area contributed by atoms with Crippen LogP contribution in [-0.2, 0) is 4.79 Å². The number of hydrogen-bond donors (Lipinski definition) is 3. The highest BCUT2D eigenvalue weighted by Gasteiger charge is 1.91. The lowest BCUT2D eigenvalue weighted by atomic mass is 10.1. The molecule has 0 aromatic carbocycles. The van der Waals surface area contributed by atoms with E-state index in [1.54, 1.807) is 0 Å². The van der Waals surface area contributed by atoms with E-state index in [9.17, 15) is 9.90 Å². The van der Waals surface area contributed by atoms with E-state index in [4.69, 9.17) is 0 Å². The molecule has 0 spiro atoms. The van der Waals surface area contributed by atoms with Gasteiger partial charge < -0.3 is 25.9 Å². The Morgan fingerprint density at radius 2 is 1.32 bits per heavy atom. The van der Waals surface area contributed by atoms with Crippen molar-refractivity contribution in [1.29, 1.82) is 0 Å². The Morgan fingerprint density at radius 3 is 1.95 bits per heavy atom. The molecule has 0 heterocycles. The first-order chi connectivity index (χ1) is 9.27. The number of carboxylic acids is 1. The molecule has 0 fully saturated rings. The number of nitrogens with one attached hydrogen (secondary N) is 3. The molecule has 0 aromatic rings. The molecule has 0 aromatic heterocycles. The lowest BCUT2D eigenvalue weighted by molar-refractivity contribution is -0.304. The lowest BCUT2D eigenvalue weighted by Crippen LogP contribution is -2.38. The van der Waals surface area contributed by atoms with Crippen LogP contribution >= 0.6 is 0 Å². The fourth-order valence-corrected chi connectivity index (χ4v) is 1.82. The van der Waals surface area contributed by atoms with Gasteiger partial charge in [-0.2, -0.15) is 0 Å². The molecular formula is C14H30N3O2-. The second-order valence-corrected chi connectivity index (χ2v) is 4.82. The summed E-state index contributed by atoms with van der Waals surface area (Å²) in [6.45, 7) is 6.59. The molecule has 0 aliphatic rings. The predicted molar refractivity (Wildman–Crippen MR) is 77.0 cm³/mol. The van der Waals surface area contributed by atoms with Gasteiger partial charge >= 0.3 is 0 Å². The monoisotopic (exact) mass is 272 g/mol. The topological polar surface area (TPSA) is 76.2 Å². The Kier molecular flexibility index (Phi) is 14.9. The van der Waals surface area contributed by atoms with Crippen LogP contribution in [0.15, 0.2) is 0 Å². The summed E-state index contributed by atoms with van der Waals surface area (Å²) in [6.07, 6.45) is 7.99. The normalized spacial score (nSPS) is 10.8. The van der Waals surface area contributed by atoms with Crippen LogP contribution in [0.1, 0.15) is 45.4 Å². The Labute approximate surface area is 117 Å². The second-order valence-electron chi connectivity index (χ2n) is 4.82. The number of unbranched alkanes of at least 4 members (excludes halogenated alkanes) is 5. The van der Waals surface area contributed by atoms with Crippen molar-refractivity contribution in [2.75, 3.05) is 39.3 Å². The van der Waals surface area contributed by atoms with E-state index >= 15 is 0 Å². The van der Waals surface area contributed by atoms with Crippen LogP contribution in [0.2, 0.25) is 0 Å². The van der Waals surface area contributed by atoms with Gasteiger partial charge in [0, 0.05) is 32.7 Å². The van der Waals surface area contributed by atoms with Crippen molar-refractivity contribution in [3.63, 3.8) is 0 Å². The molecule has 19 heavy (non-hydrogen) atoms. The van der Waals surface area contributed by atoms with Gasteiger partial charge in [-0.3, -0.25) is 0 Å². The Bertz CT molecular complexity index is 201. The van der Waals surface area contributed by atoms with E-state index in [1.165, 1.54) is 38.5 Å². The molecule has 0 aliphatic heterocycles. The van der Waals surface area contributed by atoms with Crippen molar-refractivity contribution in [3.05, 3.63) is 0 Å². The third-order valence-electron chi connectivity index (χ3n) is 2.93. The molecule has 5 heteroatoms. The molecule has 0 aliphatic carbocycles. The van der Waals surface area contributed by atoms with E-state index in [1.807, 2.05) is 0 Å². The van der Waals surface area contributed by atoms with Gasteiger partial charge in [0.2, 0.25) is 0 Å². The zero-order chi connectivity index (χ0) is 14.2. The number of carboxylic acid groups (broad SMARTS) is 1. The van der Waals surface area contributed by atoms with Crippen LogP contribution in [0.5, 0.6) is 0 Å². The molecule has 0 bridgehead atoms. The molecule has 5 nitrogen and oxygen atoms in total. The molecule has 0 amide bonds. The van der Waals surface area contributed by atoms with E-state index < -0.39 is 5.97 Å².